The van der Waals surface area contributed by atoms with E-state index >= 15 is 0 Å². The van der Waals surface area contributed by atoms with E-state index in [4.69, 9.17) is 0 Å². The monoisotopic (exact) mass is 379 g/mol. The molecule has 1 heterocycles. The Hall–Kier alpha value is -3.32. The zero-order chi connectivity index (χ0) is 20.3. The van der Waals surface area contributed by atoms with Gasteiger partial charge in [0.2, 0.25) is 0 Å². The summed E-state index contributed by atoms with van der Waals surface area (Å²) in [6, 6.07) is 14.8. The van der Waals surface area contributed by atoms with Crippen LogP contribution in [0.15, 0.2) is 54.6 Å². The minimum absolute atomic E-state index is 0.0646. The van der Waals surface area contributed by atoms with Crippen molar-refractivity contribution in [2.75, 3.05) is 27.2 Å². The van der Waals surface area contributed by atoms with Crippen molar-refractivity contribution in [3.05, 3.63) is 75.8 Å². The Balaban J connectivity index is 2.02. The van der Waals surface area contributed by atoms with E-state index in [0.29, 0.717) is 29.7 Å². The molecular weight excluding hydrogens is 358 g/mol. The molecule has 0 atom stereocenters. The fraction of sp³-hybridized carbons (Fsp3) is 0.238. The first kappa shape index (κ1) is 19.4. The molecule has 3 rings (SSSR count). The number of hydrogen-bond acceptors (Lipinski definition) is 5. The number of nitro groups is 1. The van der Waals surface area contributed by atoms with Gasteiger partial charge in [-0.1, -0.05) is 30.3 Å². The van der Waals surface area contributed by atoms with Crippen LogP contribution in [0.2, 0.25) is 0 Å². The van der Waals surface area contributed by atoms with Crippen molar-refractivity contribution in [2.45, 2.75) is 6.42 Å². The van der Waals surface area contributed by atoms with Crippen LogP contribution in [0.1, 0.15) is 17.5 Å². The third-order valence-electron chi connectivity index (χ3n) is 4.58. The van der Waals surface area contributed by atoms with Gasteiger partial charge in [-0.15, -0.1) is 0 Å². The first-order valence-electron chi connectivity index (χ1n) is 8.95. The van der Waals surface area contributed by atoms with Gasteiger partial charge in [-0.2, -0.15) is 0 Å². The number of amides is 2. The van der Waals surface area contributed by atoms with Crippen molar-refractivity contribution in [3.8, 4) is 0 Å². The summed E-state index contributed by atoms with van der Waals surface area (Å²) in [4.78, 5) is 39.9. The number of carbonyl (C=O) groups is 2. The molecule has 2 amide bonds. The Bertz CT molecular complexity index is 934. The quantitative estimate of drug-likeness (QED) is 0.420. The van der Waals surface area contributed by atoms with Crippen LogP contribution in [-0.4, -0.2) is 53.7 Å². The molecule has 0 fully saturated rings. The minimum atomic E-state index is -0.495. The highest BCUT2D eigenvalue weighted by atomic mass is 16.6. The van der Waals surface area contributed by atoms with E-state index in [1.54, 1.807) is 12.1 Å². The molecule has 7 heteroatoms. The molecule has 7 nitrogen and oxygen atoms in total. The number of nitro benzene ring substituents is 1. The lowest BCUT2D eigenvalue weighted by Crippen LogP contribution is -2.34. The summed E-state index contributed by atoms with van der Waals surface area (Å²) >= 11 is 0. The van der Waals surface area contributed by atoms with Crippen LogP contribution >= 0.6 is 0 Å². The fourth-order valence-electron chi connectivity index (χ4n) is 3.21. The minimum Gasteiger partial charge on any atom is -0.309 e. The lowest BCUT2D eigenvalue weighted by molar-refractivity contribution is -0.384. The number of nitrogens with zero attached hydrogens (tertiary/aromatic N) is 3. The van der Waals surface area contributed by atoms with Crippen LogP contribution in [0.3, 0.4) is 0 Å². The number of imide groups is 1. The van der Waals surface area contributed by atoms with E-state index in [1.165, 1.54) is 29.2 Å². The van der Waals surface area contributed by atoms with E-state index in [2.05, 4.69) is 0 Å². The summed E-state index contributed by atoms with van der Waals surface area (Å²) in [6.45, 7) is 1.08. The number of non-ortho nitro benzene ring substituents is 1. The molecule has 0 unspecified atom stereocenters. The molecule has 1 aliphatic heterocycles. The van der Waals surface area contributed by atoms with Gasteiger partial charge in [-0.3, -0.25) is 24.6 Å². The van der Waals surface area contributed by atoms with Crippen molar-refractivity contribution in [3.63, 3.8) is 0 Å². The van der Waals surface area contributed by atoms with Crippen molar-refractivity contribution in [1.29, 1.82) is 0 Å². The molecule has 28 heavy (non-hydrogen) atoms. The predicted molar refractivity (Wildman–Crippen MR) is 106 cm³/mol. The van der Waals surface area contributed by atoms with Gasteiger partial charge in [0.15, 0.2) is 0 Å². The molecule has 144 valence electrons. The highest BCUT2D eigenvalue weighted by Gasteiger charge is 2.39. The van der Waals surface area contributed by atoms with Crippen molar-refractivity contribution in [1.82, 2.24) is 9.80 Å². The SMILES string of the molecule is CN(C)CCCN1C(=O)C(c2ccccc2)=C(c2ccc([N+](=O)[O-])cc2)C1=O. The Kier molecular flexibility index (Phi) is 5.65. The molecule has 0 aromatic heterocycles. The molecule has 2 aromatic carbocycles. The van der Waals surface area contributed by atoms with Crippen LogP contribution in [-0.2, 0) is 9.59 Å². The third kappa shape index (κ3) is 3.84. The van der Waals surface area contributed by atoms with Gasteiger partial charge in [-0.25, -0.2) is 0 Å². The van der Waals surface area contributed by atoms with Gasteiger partial charge in [0.05, 0.1) is 16.1 Å². The Labute approximate surface area is 163 Å². The average Bonchev–Trinajstić information content (AvgIpc) is 2.93. The summed E-state index contributed by atoms with van der Waals surface area (Å²) in [7, 11) is 3.87. The largest absolute Gasteiger partial charge is 0.309 e. The van der Waals surface area contributed by atoms with E-state index < -0.39 is 4.92 Å². The lowest BCUT2D eigenvalue weighted by atomic mass is 9.96. The fourth-order valence-corrected chi connectivity index (χ4v) is 3.21. The Morgan fingerprint density at radius 2 is 1.43 bits per heavy atom. The second kappa shape index (κ2) is 8.14. The summed E-state index contributed by atoms with van der Waals surface area (Å²) in [5, 5.41) is 10.9. The van der Waals surface area contributed by atoms with Gasteiger partial charge in [0, 0.05) is 18.7 Å². The van der Waals surface area contributed by atoms with Crippen molar-refractivity contribution >= 4 is 28.6 Å². The number of carbonyl (C=O) groups excluding carboxylic acids is 2. The Morgan fingerprint density at radius 1 is 0.893 bits per heavy atom. The van der Waals surface area contributed by atoms with Crippen LogP contribution < -0.4 is 0 Å². The second-order valence-electron chi connectivity index (χ2n) is 6.84. The lowest BCUT2D eigenvalue weighted by Gasteiger charge is -2.17. The third-order valence-corrected chi connectivity index (χ3v) is 4.58. The molecule has 0 saturated carbocycles. The van der Waals surface area contributed by atoms with E-state index in [1.807, 2.05) is 37.2 Å². The van der Waals surface area contributed by atoms with Crippen molar-refractivity contribution in [2.24, 2.45) is 0 Å². The number of hydrogen-bond donors (Lipinski definition) is 0. The van der Waals surface area contributed by atoms with Crippen molar-refractivity contribution < 1.29 is 14.5 Å². The Morgan fingerprint density at radius 3 is 1.93 bits per heavy atom. The zero-order valence-corrected chi connectivity index (χ0v) is 15.8. The topological polar surface area (TPSA) is 83.8 Å². The van der Waals surface area contributed by atoms with Gasteiger partial charge < -0.3 is 4.90 Å². The maximum atomic E-state index is 13.1. The summed E-state index contributed by atoms with van der Waals surface area (Å²) in [6.07, 6.45) is 0.667. The molecule has 0 radical (unpaired) electrons. The molecule has 0 saturated heterocycles. The number of benzene rings is 2. The summed E-state index contributed by atoms with van der Waals surface area (Å²) < 4.78 is 0. The van der Waals surface area contributed by atoms with Gasteiger partial charge in [0.1, 0.15) is 0 Å². The number of rotatable bonds is 7. The molecule has 0 N–H and O–H groups in total. The highest BCUT2D eigenvalue weighted by Crippen LogP contribution is 2.36. The first-order valence-corrected chi connectivity index (χ1v) is 8.95. The first-order chi connectivity index (χ1) is 13.4. The van der Waals surface area contributed by atoms with E-state index in [9.17, 15) is 19.7 Å². The van der Waals surface area contributed by atoms with Gasteiger partial charge in [-0.05, 0) is 50.3 Å². The molecule has 0 aliphatic carbocycles. The predicted octanol–water partition coefficient (Wildman–Crippen LogP) is 2.83. The molecule has 1 aliphatic rings. The van der Waals surface area contributed by atoms with Crippen LogP contribution in [0.4, 0.5) is 5.69 Å². The summed E-state index contributed by atoms with van der Waals surface area (Å²) in [5.41, 5.74) is 1.72. The summed E-state index contributed by atoms with van der Waals surface area (Å²) in [5.74, 6) is -0.695. The van der Waals surface area contributed by atoms with Gasteiger partial charge >= 0.3 is 0 Å². The molecule has 0 bridgehead atoms. The zero-order valence-electron chi connectivity index (χ0n) is 15.8. The van der Waals surface area contributed by atoms with E-state index in [-0.39, 0.29) is 23.1 Å². The molecule has 2 aromatic rings. The van der Waals surface area contributed by atoms with Crippen LogP contribution in [0.25, 0.3) is 11.1 Å². The van der Waals surface area contributed by atoms with Gasteiger partial charge in [0.25, 0.3) is 17.5 Å². The normalized spacial score (nSPS) is 14.3. The molecular formula is C21H21N3O4. The van der Waals surface area contributed by atoms with E-state index in [0.717, 1.165) is 6.54 Å². The maximum Gasteiger partial charge on any atom is 0.269 e. The second-order valence-corrected chi connectivity index (χ2v) is 6.84. The smallest absolute Gasteiger partial charge is 0.269 e. The average molecular weight is 379 g/mol. The molecule has 0 spiro atoms. The standard InChI is InChI=1S/C21H21N3O4/c1-22(2)13-6-14-23-20(25)18(15-7-4-3-5-8-15)19(21(23)26)16-9-11-17(12-10-16)24(27)28/h3-5,7-12H,6,13-14H2,1-2H3. The van der Waals surface area contributed by atoms with Crippen LogP contribution in [0.5, 0.6) is 0 Å². The maximum absolute atomic E-state index is 13.1. The highest BCUT2D eigenvalue weighted by molar-refractivity contribution is 6.49. The van der Waals surface area contributed by atoms with Crippen LogP contribution in [0, 0.1) is 10.1 Å².